The number of hydrogen-bond donors (Lipinski definition) is 1. The van der Waals surface area contributed by atoms with Crippen molar-refractivity contribution >= 4 is 28.5 Å². The van der Waals surface area contributed by atoms with Gasteiger partial charge in [0.1, 0.15) is 36.1 Å². The highest BCUT2D eigenvalue weighted by molar-refractivity contribution is 7.13. The summed E-state index contributed by atoms with van der Waals surface area (Å²) >= 11 is 1.16. The van der Waals surface area contributed by atoms with Gasteiger partial charge in [0, 0.05) is 0 Å². The normalized spacial score (nSPS) is 10.7. The van der Waals surface area contributed by atoms with Crippen LogP contribution in [0.2, 0.25) is 0 Å². The van der Waals surface area contributed by atoms with Gasteiger partial charge >= 0.3 is 0 Å². The molecule has 0 unspecified atom stereocenters. The zero-order valence-electron chi connectivity index (χ0n) is 18.0. The third kappa shape index (κ3) is 6.66. The van der Waals surface area contributed by atoms with Crippen LogP contribution in [0.15, 0.2) is 66.2 Å². The first-order valence-corrected chi connectivity index (χ1v) is 10.8. The number of carbonyl (C=O) groups is 1. The van der Waals surface area contributed by atoms with Gasteiger partial charge in [-0.2, -0.15) is 5.26 Å². The van der Waals surface area contributed by atoms with E-state index < -0.39 is 5.91 Å². The first-order chi connectivity index (χ1) is 16.1. The molecule has 168 valence electrons. The van der Waals surface area contributed by atoms with Crippen LogP contribution in [0.5, 0.6) is 17.2 Å². The van der Waals surface area contributed by atoms with Gasteiger partial charge in [-0.15, -0.1) is 16.8 Å². The summed E-state index contributed by atoms with van der Waals surface area (Å²) in [6.07, 6.45) is 4.02. The van der Waals surface area contributed by atoms with Crippen LogP contribution in [0.3, 0.4) is 0 Å². The van der Waals surface area contributed by atoms with E-state index in [1.807, 2.05) is 36.4 Å². The second-order valence-corrected chi connectivity index (χ2v) is 7.41. The van der Waals surface area contributed by atoms with Crippen LogP contribution in [0.1, 0.15) is 11.1 Å². The van der Waals surface area contributed by atoms with Crippen molar-refractivity contribution in [2.24, 2.45) is 0 Å². The predicted octanol–water partition coefficient (Wildman–Crippen LogP) is 4.28. The second-order valence-electron chi connectivity index (χ2n) is 6.58. The first kappa shape index (κ1) is 23.5. The van der Waals surface area contributed by atoms with Crippen molar-refractivity contribution in [1.82, 2.24) is 10.2 Å². The van der Waals surface area contributed by atoms with E-state index in [0.717, 1.165) is 29.1 Å². The topological polar surface area (TPSA) is 106 Å². The molecule has 0 radical (unpaired) electrons. The molecule has 0 spiro atoms. The van der Waals surface area contributed by atoms with Gasteiger partial charge in [-0.25, -0.2) is 0 Å². The molecule has 8 nitrogen and oxygen atoms in total. The molecular formula is C24H22N4O4S. The van der Waals surface area contributed by atoms with Crippen LogP contribution in [0.25, 0.3) is 6.08 Å². The van der Waals surface area contributed by atoms with Gasteiger partial charge in [-0.3, -0.25) is 10.1 Å². The fourth-order valence-electron chi connectivity index (χ4n) is 2.87. The molecule has 1 aromatic heterocycles. The SMILES string of the molecule is C=CCc1ccccc1OCCOc1ccc(/C=C(\C#N)C(=O)Nc2nncs2)cc1OC. The number of para-hydroxylation sites is 1. The molecule has 1 N–H and O–H groups in total. The smallest absolute Gasteiger partial charge is 0.268 e. The molecule has 0 fully saturated rings. The minimum Gasteiger partial charge on any atom is -0.493 e. The number of benzene rings is 2. The Morgan fingerprint density at radius 3 is 2.67 bits per heavy atom. The number of nitrogens with zero attached hydrogens (tertiary/aromatic N) is 3. The van der Waals surface area contributed by atoms with Crippen molar-refractivity contribution in [2.75, 3.05) is 25.6 Å². The monoisotopic (exact) mass is 462 g/mol. The summed E-state index contributed by atoms with van der Waals surface area (Å²) in [5.74, 6) is 1.22. The molecule has 3 rings (SSSR count). The van der Waals surface area contributed by atoms with Crippen molar-refractivity contribution in [3.63, 3.8) is 0 Å². The summed E-state index contributed by atoms with van der Waals surface area (Å²) in [6, 6.07) is 14.8. The highest BCUT2D eigenvalue weighted by Crippen LogP contribution is 2.29. The van der Waals surface area contributed by atoms with Gasteiger partial charge in [0.05, 0.1) is 7.11 Å². The molecule has 0 aliphatic heterocycles. The summed E-state index contributed by atoms with van der Waals surface area (Å²) in [5, 5.41) is 19.6. The van der Waals surface area contributed by atoms with Crippen molar-refractivity contribution < 1.29 is 19.0 Å². The summed E-state index contributed by atoms with van der Waals surface area (Å²) in [4.78, 5) is 12.3. The largest absolute Gasteiger partial charge is 0.493 e. The van der Waals surface area contributed by atoms with E-state index in [9.17, 15) is 10.1 Å². The summed E-state index contributed by atoms with van der Waals surface area (Å²) in [5.41, 5.74) is 3.08. The van der Waals surface area contributed by atoms with Gasteiger partial charge in [-0.1, -0.05) is 41.7 Å². The molecule has 1 heterocycles. The molecule has 3 aromatic rings. The quantitative estimate of drug-likeness (QED) is 0.196. The molecule has 0 aliphatic rings. The van der Waals surface area contributed by atoms with Crippen molar-refractivity contribution in [3.8, 4) is 23.3 Å². The molecule has 0 bridgehead atoms. The number of hydrogen-bond acceptors (Lipinski definition) is 8. The fraction of sp³-hybridized carbons (Fsp3) is 0.167. The van der Waals surface area contributed by atoms with Crippen molar-refractivity contribution in [1.29, 1.82) is 5.26 Å². The third-order valence-corrected chi connectivity index (χ3v) is 4.99. The Morgan fingerprint density at radius 2 is 1.97 bits per heavy atom. The molecule has 33 heavy (non-hydrogen) atoms. The minimum atomic E-state index is -0.567. The number of aromatic nitrogens is 2. The van der Waals surface area contributed by atoms with Crippen LogP contribution >= 0.6 is 11.3 Å². The number of methoxy groups -OCH3 is 1. The molecule has 0 aliphatic carbocycles. The van der Waals surface area contributed by atoms with Gasteiger partial charge in [0.2, 0.25) is 5.13 Å². The second kappa shape index (κ2) is 12.0. The molecule has 1 amide bonds. The lowest BCUT2D eigenvalue weighted by Gasteiger charge is -2.13. The zero-order valence-corrected chi connectivity index (χ0v) is 18.8. The molecule has 0 saturated heterocycles. The number of nitrogens with one attached hydrogen (secondary N) is 1. The zero-order chi connectivity index (χ0) is 23.5. The van der Waals surface area contributed by atoms with E-state index in [-0.39, 0.29) is 5.57 Å². The highest BCUT2D eigenvalue weighted by atomic mass is 32.1. The Labute approximate surface area is 195 Å². The maximum Gasteiger partial charge on any atom is 0.268 e. The summed E-state index contributed by atoms with van der Waals surface area (Å²) < 4.78 is 17.0. The molecule has 9 heteroatoms. The molecule has 0 saturated carbocycles. The molecular weight excluding hydrogens is 440 g/mol. The van der Waals surface area contributed by atoms with Gasteiger partial charge in [0.15, 0.2) is 11.5 Å². The Bertz CT molecular complexity index is 1170. The lowest BCUT2D eigenvalue weighted by Crippen LogP contribution is -2.13. The van der Waals surface area contributed by atoms with Crippen LogP contribution in [-0.4, -0.2) is 36.4 Å². The van der Waals surface area contributed by atoms with Crippen LogP contribution < -0.4 is 19.5 Å². The van der Waals surface area contributed by atoms with Crippen LogP contribution in [0.4, 0.5) is 5.13 Å². The number of anilines is 1. The van der Waals surface area contributed by atoms with E-state index in [1.165, 1.54) is 18.7 Å². The minimum absolute atomic E-state index is 0.0764. The molecule has 0 atom stereocenters. The number of allylic oxidation sites excluding steroid dienone is 1. The number of ether oxygens (including phenoxy) is 3. The van der Waals surface area contributed by atoms with E-state index in [0.29, 0.717) is 35.4 Å². The maximum absolute atomic E-state index is 12.3. The Balaban J connectivity index is 1.62. The number of nitriles is 1. The maximum atomic E-state index is 12.3. The van der Waals surface area contributed by atoms with E-state index >= 15 is 0 Å². The lowest BCUT2D eigenvalue weighted by atomic mass is 10.1. The van der Waals surface area contributed by atoms with Gasteiger partial charge in [0.25, 0.3) is 5.91 Å². The molecule has 2 aromatic carbocycles. The number of carbonyl (C=O) groups excluding carboxylic acids is 1. The third-order valence-electron chi connectivity index (χ3n) is 4.38. The average molecular weight is 463 g/mol. The van der Waals surface area contributed by atoms with Gasteiger partial charge in [-0.05, 0) is 41.8 Å². The first-order valence-electron chi connectivity index (χ1n) is 9.96. The summed E-state index contributed by atoms with van der Waals surface area (Å²) in [6.45, 7) is 4.42. The number of rotatable bonds is 11. The lowest BCUT2D eigenvalue weighted by molar-refractivity contribution is -0.112. The Hall–Kier alpha value is -4.16. The summed E-state index contributed by atoms with van der Waals surface area (Å²) in [7, 11) is 1.52. The fourth-order valence-corrected chi connectivity index (χ4v) is 3.31. The van der Waals surface area contributed by atoms with Gasteiger partial charge < -0.3 is 14.2 Å². The Kier molecular flexibility index (Phi) is 8.56. The standard InChI is InChI=1S/C24H22N4O4S/c1-3-6-18-7-4-5-8-20(18)31-11-12-32-21-10-9-17(14-22(21)30-2)13-19(15-25)23(29)27-24-28-26-16-33-24/h3-5,7-10,13-14,16H,1,6,11-12H2,2H3,(H,27,28,29)/b19-13+. The highest BCUT2D eigenvalue weighted by Gasteiger charge is 2.12. The van der Waals surface area contributed by atoms with Crippen LogP contribution in [-0.2, 0) is 11.2 Å². The van der Waals surface area contributed by atoms with Crippen molar-refractivity contribution in [3.05, 3.63) is 77.3 Å². The van der Waals surface area contributed by atoms with Crippen molar-refractivity contribution in [2.45, 2.75) is 6.42 Å². The Morgan fingerprint density at radius 1 is 1.18 bits per heavy atom. The van der Waals surface area contributed by atoms with E-state index in [1.54, 1.807) is 18.2 Å². The van der Waals surface area contributed by atoms with E-state index in [2.05, 4.69) is 22.1 Å². The predicted molar refractivity (Wildman–Crippen MR) is 126 cm³/mol. The number of amides is 1. The van der Waals surface area contributed by atoms with E-state index in [4.69, 9.17) is 14.2 Å². The van der Waals surface area contributed by atoms with Crippen LogP contribution in [0, 0.1) is 11.3 Å². The average Bonchev–Trinajstić information content (AvgIpc) is 3.34.